The van der Waals surface area contributed by atoms with Crippen LogP contribution >= 0.6 is 11.3 Å². The maximum Gasteiger partial charge on any atom is 0.270 e. The summed E-state index contributed by atoms with van der Waals surface area (Å²) in [4.78, 5) is 22.9. The lowest BCUT2D eigenvalue weighted by Crippen LogP contribution is -2.23. The number of benzene rings is 1. The van der Waals surface area contributed by atoms with Gasteiger partial charge in [0.05, 0.1) is 12.6 Å². The number of H-pyrrole nitrogens is 1. The molecule has 0 spiro atoms. The third-order valence-electron chi connectivity index (χ3n) is 3.95. The Kier molecular flexibility index (Phi) is 4.85. The number of aromatic amines is 1. The van der Waals surface area contributed by atoms with Crippen LogP contribution < -0.4 is 15.2 Å². The summed E-state index contributed by atoms with van der Waals surface area (Å²) in [6.07, 6.45) is 2.18. The summed E-state index contributed by atoms with van der Waals surface area (Å²) < 4.78 is 5.85. The molecule has 0 radical (unpaired) electrons. The molecular weight excluding hydrogens is 322 g/mol. The zero-order valence-electron chi connectivity index (χ0n) is 14.1. The lowest BCUT2D eigenvalue weighted by atomic mass is 10.2. The van der Waals surface area contributed by atoms with Crippen molar-refractivity contribution in [3.8, 4) is 16.2 Å². The second-order valence-corrected chi connectivity index (χ2v) is 6.77. The first-order valence-electron chi connectivity index (χ1n) is 8.01. The van der Waals surface area contributed by atoms with Crippen LogP contribution in [0, 0.1) is 0 Å². The molecule has 3 aromatic rings. The van der Waals surface area contributed by atoms with Crippen LogP contribution in [0.2, 0.25) is 0 Å². The van der Waals surface area contributed by atoms with E-state index in [2.05, 4.69) is 16.9 Å². The van der Waals surface area contributed by atoms with E-state index in [4.69, 9.17) is 4.74 Å². The minimum atomic E-state index is -0.0805. The first-order valence-corrected chi connectivity index (χ1v) is 8.83. The first kappa shape index (κ1) is 16.5. The number of nitrogens with one attached hydrogen (secondary N) is 1. The van der Waals surface area contributed by atoms with Crippen molar-refractivity contribution >= 4 is 27.5 Å². The lowest BCUT2D eigenvalue weighted by Gasteiger charge is -2.16. The van der Waals surface area contributed by atoms with Gasteiger partial charge in [-0.3, -0.25) is 9.78 Å². The van der Waals surface area contributed by atoms with Gasteiger partial charge in [-0.05, 0) is 42.3 Å². The summed E-state index contributed by atoms with van der Waals surface area (Å²) >= 11 is 1.46. The lowest BCUT2D eigenvalue weighted by molar-refractivity contribution is 0.415. The molecule has 0 amide bonds. The molecule has 0 aliphatic heterocycles. The second kappa shape index (κ2) is 7.05. The van der Waals surface area contributed by atoms with Gasteiger partial charge in [0.2, 0.25) is 5.95 Å². The summed E-state index contributed by atoms with van der Waals surface area (Å²) in [5.74, 6) is 1.44. The number of aromatic nitrogens is 2. The number of ether oxygens (including phenoxy) is 1. The van der Waals surface area contributed by atoms with E-state index in [0.717, 1.165) is 41.1 Å². The highest BCUT2D eigenvalue weighted by atomic mass is 32.1. The van der Waals surface area contributed by atoms with Gasteiger partial charge < -0.3 is 9.64 Å². The molecule has 0 atom stereocenters. The molecule has 1 N–H and O–H groups in total. The van der Waals surface area contributed by atoms with Gasteiger partial charge in [-0.2, -0.15) is 0 Å². The molecule has 1 aromatic carbocycles. The topological polar surface area (TPSA) is 58.2 Å². The van der Waals surface area contributed by atoms with E-state index in [9.17, 15) is 4.79 Å². The van der Waals surface area contributed by atoms with Crippen LogP contribution in [0.15, 0.2) is 35.1 Å². The van der Waals surface area contributed by atoms with Gasteiger partial charge in [0.25, 0.3) is 5.56 Å². The summed E-state index contributed by atoms with van der Waals surface area (Å²) in [5, 5.41) is 0. The van der Waals surface area contributed by atoms with Crippen LogP contribution in [0.25, 0.3) is 20.7 Å². The number of thiophene rings is 1. The van der Waals surface area contributed by atoms with Crippen molar-refractivity contribution < 1.29 is 4.74 Å². The van der Waals surface area contributed by atoms with Crippen molar-refractivity contribution in [1.29, 1.82) is 0 Å². The molecule has 0 aliphatic rings. The normalized spacial score (nSPS) is 11.0. The number of methoxy groups -OCH3 is 1. The molecule has 0 unspecified atom stereocenters. The number of nitrogens with zero attached hydrogens (tertiary/aromatic N) is 2. The van der Waals surface area contributed by atoms with Gasteiger partial charge in [-0.25, -0.2) is 4.98 Å². The summed E-state index contributed by atoms with van der Waals surface area (Å²) in [7, 11) is 3.60. The zero-order valence-corrected chi connectivity index (χ0v) is 14.9. The van der Waals surface area contributed by atoms with Crippen molar-refractivity contribution in [3.05, 3.63) is 40.7 Å². The largest absolute Gasteiger partial charge is 0.497 e. The van der Waals surface area contributed by atoms with Gasteiger partial charge in [0, 0.05) is 18.5 Å². The third kappa shape index (κ3) is 3.28. The van der Waals surface area contributed by atoms with Crippen LogP contribution in [0.3, 0.4) is 0 Å². The Morgan fingerprint density at radius 3 is 2.71 bits per heavy atom. The Labute approximate surface area is 144 Å². The number of anilines is 1. The van der Waals surface area contributed by atoms with Crippen molar-refractivity contribution in [1.82, 2.24) is 9.97 Å². The first-order chi connectivity index (χ1) is 11.6. The van der Waals surface area contributed by atoms with Crippen LogP contribution in [0.4, 0.5) is 5.95 Å². The van der Waals surface area contributed by atoms with Gasteiger partial charge in [0.15, 0.2) is 0 Å². The molecule has 6 heteroatoms. The average molecular weight is 343 g/mol. The van der Waals surface area contributed by atoms with Gasteiger partial charge in [-0.1, -0.05) is 13.3 Å². The molecule has 0 bridgehead atoms. The fourth-order valence-corrected chi connectivity index (χ4v) is 3.50. The number of unbranched alkanes of at least 4 members (excludes halogenated alkanes) is 1. The monoisotopic (exact) mass is 343 g/mol. The molecule has 126 valence electrons. The quantitative estimate of drug-likeness (QED) is 0.737. The van der Waals surface area contributed by atoms with Crippen LogP contribution in [-0.4, -0.2) is 30.7 Å². The Hall–Kier alpha value is -2.34. The summed E-state index contributed by atoms with van der Waals surface area (Å²) in [6, 6.07) is 9.80. The minimum Gasteiger partial charge on any atom is -0.497 e. The molecule has 0 fully saturated rings. The Morgan fingerprint density at radius 1 is 1.29 bits per heavy atom. The Bertz CT molecular complexity index is 883. The van der Waals surface area contributed by atoms with E-state index in [-0.39, 0.29) is 5.56 Å². The van der Waals surface area contributed by atoms with E-state index in [1.54, 1.807) is 7.11 Å². The van der Waals surface area contributed by atoms with Crippen molar-refractivity contribution in [3.63, 3.8) is 0 Å². The average Bonchev–Trinajstić information content (AvgIpc) is 3.04. The molecule has 2 heterocycles. The molecule has 2 aromatic heterocycles. The number of hydrogen-bond donors (Lipinski definition) is 1. The minimum absolute atomic E-state index is 0.0805. The zero-order chi connectivity index (χ0) is 17.1. The predicted octanol–water partition coefficient (Wildman–Crippen LogP) is 3.90. The maximum absolute atomic E-state index is 12.4. The van der Waals surface area contributed by atoms with Gasteiger partial charge in [0.1, 0.15) is 10.4 Å². The molecule has 3 rings (SSSR count). The molecular formula is C18H21N3O2S. The number of rotatable bonds is 6. The number of fused-ring (bicyclic) bond motifs is 1. The highest BCUT2D eigenvalue weighted by molar-refractivity contribution is 7.22. The van der Waals surface area contributed by atoms with E-state index >= 15 is 0 Å². The Balaban J connectivity index is 1.98. The third-order valence-corrected chi connectivity index (χ3v) is 5.13. The van der Waals surface area contributed by atoms with Crippen LogP contribution in [0.5, 0.6) is 5.75 Å². The van der Waals surface area contributed by atoms with E-state index < -0.39 is 0 Å². The van der Waals surface area contributed by atoms with E-state index in [1.165, 1.54) is 11.3 Å². The molecule has 0 aliphatic carbocycles. The van der Waals surface area contributed by atoms with Gasteiger partial charge >= 0.3 is 0 Å². The standard InChI is InChI=1S/C18H21N3O2S/c1-4-5-10-21(2)18-19-14-11-15(24-16(14)17(22)20-18)12-6-8-13(23-3)9-7-12/h6-9,11H,4-5,10H2,1-3H3,(H,19,20,22). The van der Waals surface area contributed by atoms with Crippen LogP contribution in [-0.2, 0) is 0 Å². The summed E-state index contributed by atoms with van der Waals surface area (Å²) in [5.41, 5.74) is 1.72. The van der Waals surface area contributed by atoms with E-state index in [1.807, 2.05) is 42.3 Å². The molecule has 0 saturated heterocycles. The fraction of sp³-hybridized carbons (Fsp3) is 0.333. The molecule has 24 heavy (non-hydrogen) atoms. The maximum atomic E-state index is 12.4. The van der Waals surface area contributed by atoms with Crippen molar-refractivity contribution in [2.24, 2.45) is 0 Å². The van der Waals surface area contributed by atoms with Crippen LogP contribution in [0.1, 0.15) is 19.8 Å². The van der Waals surface area contributed by atoms with Crippen molar-refractivity contribution in [2.75, 3.05) is 25.6 Å². The fourth-order valence-electron chi connectivity index (χ4n) is 2.51. The SMILES string of the molecule is CCCCN(C)c1nc2cc(-c3ccc(OC)cc3)sc2c(=O)[nH]1. The molecule has 5 nitrogen and oxygen atoms in total. The highest BCUT2D eigenvalue weighted by Crippen LogP contribution is 2.32. The molecule has 0 saturated carbocycles. The smallest absolute Gasteiger partial charge is 0.270 e. The van der Waals surface area contributed by atoms with Crippen molar-refractivity contribution in [2.45, 2.75) is 19.8 Å². The highest BCUT2D eigenvalue weighted by Gasteiger charge is 2.12. The van der Waals surface area contributed by atoms with Gasteiger partial charge in [-0.15, -0.1) is 11.3 Å². The number of hydrogen-bond acceptors (Lipinski definition) is 5. The second-order valence-electron chi connectivity index (χ2n) is 5.72. The Morgan fingerprint density at radius 2 is 2.04 bits per heavy atom. The van der Waals surface area contributed by atoms with E-state index in [0.29, 0.717) is 10.6 Å². The predicted molar refractivity (Wildman–Crippen MR) is 100 cm³/mol. The summed E-state index contributed by atoms with van der Waals surface area (Å²) in [6.45, 7) is 3.02.